The predicted molar refractivity (Wildman–Crippen MR) is 375 cm³/mol. The van der Waals surface area contributed by atoms with E-state index in [-0.39, 0.29) is 81.2 Å². The number of nitrogens with zero attached hydrogens (tertiary/aromatic N) is 6. The van der Waals surface area contributed by atoms with Crippen molar-refractivity contribution in [3.05, 3.63) is 101 Å². The van der Waals surface area contributed by atoms with Gasteiger partial charge in [0.1, 0.15) is 114 Å². The van der Waals surface area contributed by atoms with Gasteiger partial charge in [0.15, 0.2) is 0 Å². The molecule has 28 nitrogen and oxygen atoms in total. The van der Waals surface area contributed by atoms with Crippen molar-refractivity contribution in [2.24, 2.45) is 11.8 Å². The number of rotatable bonds is 11. The molecular weight excluding hydrogens is 1390 g/mol. The maximum atomic E-state index is 14.5. The first-order valence-electron chi connectivity index (χ1n) is 35.8. The Balaban J connectivity index is 0.000000268. The van der Waals surface area contributed by atoms with E-state index >= 15 is 0 Å². The molecule has 16 atom stereocenters. The number of ether oxygens (including phenoxy) is 3. The van der Waals surface area contributed by atoms with E-state index in [1.165, 1.54) is 85.0 Å². The second-order valence-electron chi connectivity index (χ2n) is 29.8. The molecule has 32 heteroatoms. The van der Waals surface area contributed by atoms with Crippen LogP contribution in [-0.2, 0) is 84.6 Å². The summed E-state index contributed by atoms with van der Waals surface area (Å²) in [5.41, 5.74) is 0.676. The lowest BCUT2D eigenvalue weighted by Crippen LogP contribution is -2.62. The average Bonchev–Trinajstić information content (AvgIpc) is 1.62. The van der Waals surface area contributed by atoms with E-state index in [1.807, 2.05) is 32.9 Å². The molecule has 0 saturated carbocycles. The topological polar surface area (TPSA) is 341 Å². The minimum absolute atomic E-state index is 0.00300. The first-order chi connectivity index (χ1) is 49.7. The average molecular weight is 1490 g/mol. The second kappa shape index (κ2) is 34.6. The Hall–Kier alpha value is -9.91. The van der Waals surface area contributed by atoms with Crippen LogP contribution in [0.25, 0.3) is 0 Å². The molecule has 0 bridgehead atoms. The van der Waals surface area contributed by atoms with Crippen LogP contribution < -0.4 is 31.9 Å². The summed E-state index contributed by atoms with van der Waals surface area (Å²) in [5.74, 6) is -11.9. The molecule has 6 saturated heterocycles. The third-order valence-electron chi connectivity index (χ3n) is 20.0. The van der Waals surface area contributed by atoms with Gasteiger partial charge >= 0.3 is 18.0 Å². The largest absolute Gasteiger partial charge is 0.458 e. The number of aryl methyl sites for hydroxylation is 1. The van der Waals surface area contributed by atoms with E-state index in [2.05, 4.69) is 31.9 Å². The van der Waals surface area contributed by atoms with Crippen molar-refractivity contribution in [1.29, 1.82) is 0 Å². The van der Waals surface area contributed by atoms with Gasteiger partial charge in [-0.05, 0) is 167 Å². The number of anilines is 1. The standard InChI is InChI=1S/C38H48F2N6O7.C36H50F2N6O9/c1-20-9-11-28(12-10-20)42-29(17-25-15-26(39)18-27(40)16-25)34(48)43-32-24(5)53-38(52)31-14-21(2)19-46(31)35(49)22(3)41-33(47)23(4)44(6)36(50)30-8-7-13-45(30)37(32)51;1-18-12-27-34(50)52-21(4)28(41-30(46)25(40-35(51)53-36(5,6)7)15-22-13-23(37)16-24(38)14-22)33(49)43-11-9-10-26(43)32(48)42(8)20(3)29(45)39-19(2)31(47)44(27)17-18/h9-12,15-16,18,21-24,29-32,42H,7-8,13-14,17,19H2,1-6H3,(H,41,47)(H,43,48);13-14,16,18-21,25-28H,9-12,15,17H2,1-8H3,(H,39,45)(H,40,51)(H,41,46)/t21-,22-,23-,24-,29-,30-,31-,32-;18-,19-,20-,21-,25-,26-,27-,28-/m00/s1. The fraction of sp³-hybridized carbons (Fsp3) is 0.581. The number of fused-ring (bicyclic) bond motifs is 4. The minimum Gasteiger partial charge on any atom is -0.458 e. The monoisotopic (exact) mass is 1490 g/mol. The van der Waals surface area contributed by atoms with Crippen LogP contribution in [-0.4, -0.2) is 237 Å². The molecule has 0 aromatic heterocycles. The summed E-state index contributed by atoms with van der Waals surface area (Å²) in [6, 6.07) is -1.42. The van der Waals surface area contributed by atoms with E-state index in [0.717, 1.165) is 35.9 Å². The van der Waals surface area contributed by atoms with E-state index in [4.69, 9.17) is 14.2 Å². The van der Waals surface area contributed by atoms with Crippen molar-refractivity contribution in [2.75, 3.05) is 45.6 Å². The molecule has 11 amide bonds. The van der Waals surface area contributed by atoms with Crippen LogP contribution in [0.1, 0.15) is 131 Å². The van der Waals surface area contributed by atoms with E-state index in [9.17, 15) is 79.9 Å². The van der Waals surface area contributed by atoms with Gasteiger partial charge in [0.2, 0.25) is 59.1 Å². The van der Waals surface area contributed by atoms with Crippen LogP contribution in [0.2, 0.25) is 0 Å². The van der Waals surface area contributed by atoms with Crippen molar-refractivity contribution >= 4 is 82.8 Å². The Morgan fingerprint density at radius 2 is 0.906 bits per heavy atom. The van der Waals surface area contributed by atoms with Gasteiger partial charge < -0.3 is 75.5 Å². The molecule has 3 aromatic rings. The van der Waals surface area contributed by atoms with Crippen molar-refractivity contribution in [1.82, 2.24) is 56.0 Å². The summed E-state index contributed by atoms with van der Waals surface area (Å²) in [6.45, 7) is 19.9. The zero-order valence-corrected chi connectivity index (χ0v) is 62.2. The maximum absolute atomic E-state index is 14.5. The Labute approximate surface area is 613 Å². The number of amides is 11. The smallest absolute Gasteiger partial charge is 0.408 e. The molecule has 6 N–H and O–H groups in total. The molecule has 0 spiro atoms. The van der Waals surface area contributed by atoms with Crippen LogP contribution in [0.3, 0.4) is 0 Å². The minimum atomic E-state index is -1.63. The Bertz CT molecular complexity index is 3800. The third-order valence-corrected chi connectivity index (χ3v) is 20.0. The number of alkyl carbamates (subject to hydrolysis) is 1. The number of benzene rings is 3. The number of nitrogens with one attached hydrogen (secondary N) is 6. The number of halogens is 4. The van der Waals surface area contributed by atoms with Gasteiger partial charge in [0, 0.05) is 70.9 Å². The summed E-state index contributed by atoms with van der Waals surface area (Å²) in [6.07, 6.45) is -2.42. The molecule has 0 radical (unpaired) electrons. The number of carbonyl (C=O) groups is 13. The molecule has 6 heterocycles. The number of hydrogen-bond acceptors (Lipinski definition) is 17. The van der Waals surface area contributed by atoms with Gasteiger partial charge in [0.25, 0.3) is 0 Å². The maximum Gasteiger partial charge on any atom is 0.408 e. The second-order valence-corrected chi connectivity index (χ2v) is 29.8. The van der Waals surface area contributed by atoms with Gasteiger partial charge in [-0.15, -0.1) is 0 Å². The van der Waals surface area contributed by atoms with Gasteiger partial charge in [-0.3, -0.25) is 47.9 Å². The number of carbonyl (C=O) groups excluding carboxylic acids is 13. The normalized spacial score (nSPS) is 28.0. The zero-order chi connectivity index (χ0) is 78.2. The molecule has 106 heavy (non-hydrogen) atoms. The van der Waals surface area contributed by atoms with Crippen molar-refractivity contribution < 1.29 is 94.1 Å². The van der Waals surface area contributed by atoms with Crippen LogP contribution in [0.15, 0.2) is 60.7 Å². The van der Waals surface area contributed by atoms with E-state index in [1.54, 1.807) is 32.9 Å². The summed E-state index contributed by atoms with van der Waals surface area (Å²) >= 11 is 0. The number of hydrogen-bond donors (Lipinski definition) is 6. The van der Waals surface area contributed by atoms with Crippen LogP contribution >= 0.6 is 0 Å². The fourth-order valence-corrected chi connectivity index (χ4v) is 14.0. The van der Waals surface area contributed by atoms with Crippen LogP contribution in [0.5, 0.6) is 0 Å². The molecule has 6 aliphatic rings. The van der Waals surface area contributed by atoms with Gasteiger partial charge in [0.05, 0.1) is 0 Å². The lowest BCUT2D eigenvalue weighted by molar-refractivity contribution is -0.163. The molecule has 0 unspecified atom stereocenters. The SMILES string of the molecule is C[C@H]1C[C@H]2C(=O)O[C@@H](C)[C@H](NC(=O)[C@H](Cc3cc(F)cc(F)c3)NC(=O)OC(C)(C)C)C(=O)N3CCC[C@H]3C(=O)N(C)[C@@H](C)C(=O)N[C@@H](C)C(=O)N2C1.Cc1ccc(N[C@@H](Cc2cc(F)cc(F)c2)C(=O)N[C@@H]2C(=O)N3CCC[C@H]3C(=O)N(C)[C@@H](C)C(=O)N[C@@H](C)C(=O)N3C[C@@H](C)C[C@H]3C(=O)O[C@H]2C)cc1. The molecule has 578 valence electrons. The zero-order valence-electron chi connectivity index (χ0n) is 62.2. The van der Waals surface area contributed by atoms with Gasteiger partial charge in [-0.2, -0.15) is 0 Å². The van der Waals surface area contributed by atoms with Crippen LogP contribution in [0, 0.1) is 42.0 Å². The predicted octanol–water partition coefficient (Wildman–Crippen LogP) is 3.72. The number of esters is 2. The summed E-state index contributed by atoms with van der Waals surface area (Å²) < 4.78 is 73.8. The summed E-state index contributed by atoms with van der Waals surface area (Å²) in [4.78, 5) is 187. The van der Waals surface area contributed by atoms with Crippen LogP contribution in [0.4, 0.5) is 28.0 Å². The van der Waals surface area contributed by atoms with Crippen molar-refractivity contribution in [3.8, 4) is 0 Å². The first-order valence-corrected chi connectivity index (χ1v) is 35.8. The highest BCUT2D eigenvalue weighted by Crippen LogP contribution is 2.31. The Morgan fingerprint density at radius 1 is 0.528 bits per heavy atom. The first kappa shape index (κ1) is 81.8. The lowest BCUT2D eigenvalue weighted by Gasteiger charge is -2.36. The highest BCUT2D eigenvalue weighted by molar-refractivity contribution is 6.00. The van der Waals surface area contributed by atoms with Gasteiger partial charge in [-0.1, -0.05) is 31.5 Å². The third kappa shape index (κ3) is 20.2. The highest BCUT2D eigenvalue weighted by Gasteiger charge is 2.49. The summed E-state index contributed by atoms with van der Waals surface area (Å²) in [7, 11) is 2.86. The fourth-order valence-electron chi connectivity index (χ4n) is 14.0. The Morgan fingerprint density at radius 3 is 1.29 bits per heavy atom. The molecule has 9 rings (SSSR count). The molecule has 3 aromatic carbocycles. The van der Waals surface area contributed by atoms with Crippen molar-refractivity contribution in [3.63, 3.8) is 0 Å². The number of likely N-dealkylation sites (N-methyl/N-ethyl adjacent to an activating group) is 2. The van der Waals surface area contributed by atoms with E-state index < -0.39 is 197 Å². The molecule has 6 aliphatic heterocycles. The molecule has 6 fully saturated rings. The highest BCUT2D eigenvalue weighted by atomic mass is 19.1. The molecular formula is C74H98F4N12O16. The summed E-state index contributed by atoms with van der Waals surface area (Å²) in [5, 5.41) is 16.1. The molecule has 0 aliphatic carbocycles. The van der Waals surface area contributed by atoms with E-state index in [0.29, 0.717) is 24.6 Å². The van der Waals surface area contributed by atoms with Gasteiger partial charge in [-0.25, -0.2) is 31.9 Å². The number of cyclic esters (lactones) is 2. The quantitative estimate of drug-likeness (QED) is 0.0905. The Kier molecular flexibility index (Phi) is 26.6. The van der Waals surface area contributed by atoms with Crippen molar-refractivity contribution in [2.45, 2.75) is 225 Å². The lowest BCUT2D eigenvalue weighted by atomic mass is 10.0.